The van der Waals surface area contributed by atoms with Crippen molar-refractivity contribution >= 4 is 23.4 Å². The van der Waals surface area contributed by atoms with Crippen LogP contribution in [0.25, 0.3) is 0 Å². The molecule has 0 heterocycles. The summed E-state index contributed by atoms with van der Waals surface area (Å²) in [5.41, 5.74) is 6.99. The summed E-state index contributed by atoms with van der Waals surface area (Å²) in [5.74, 6) is -0.370. The van der Waals surface area contributed by atoms with Crippen LogP contribution < -0.4 is 25.6 Å². The van der Waals surface area contributed by atoms with Gasteiger partial charge in [0.1, 0.15) is 0 Å². The van der Waals surface area contributed by atoms with E-state index in [0.29, 0.717) is 28.3 Å². The zero-order valence-electron chi connectivity index (χ0n) is 17.7. The number of para-hydroxylation sites is 2. The highest BCUT2D eigenvalue weighted by Crippen LogP contribution is 2.25. The fraction of sp³-hybridized carbons (Fsp3) is 0.125. The van der Waals surface area contributed by atoms with E-state index in [0.717, 1.165) is 5.56 Å². The molecule has 3 aromatic carbocycles. The summed E-state index contributed by atoms with van der Waals surface area (Å²) in [5, 5.41) is 2.78. The van der Waals surface area contributed by atoms with Crippen molar-refractivity contribution in [3.05, 3.63) is 89.5 Å². The summed E-state index contributed by atoms with van der Waals surface area (Å²) in [6, 6.07) is 20.5. The zero-order chi connectivity index (χ0) is 22.9. The number of ether oxygens (including phenoxy) is 2. The minimum absolute atomic E-state index is 0.242. The maximum atomic E-state index is 12.3. The number of hydrazine groups is 1. The van der Waals surface area contributed by atoms with Crippen LogP contribution in [0.3, 0.4) is 0 Å². The number of carbonyl (C=O) groups excluding carboxylic acids is 3. The highest BCUT2D eigenvalue weighted by molar-refractivity contribution is 6.04. The van der Waals surface area contributed by atoms with Crippen LogP contribution in [0.15, 0.2) is 72.8 Å². The van der Waals surface area contributed by atoms with E-state index in [-0.39, 0.29) is 12.5 Å². The van der Waals surface area contributed by atoms with Gasteiger partial charge in [-0.2, -0.15) is 0 Å². The fourth-order valence-corrected chi connectivity index (χ4v) is 2.81. The number of benzene rings is 3. The normalized spacial score (nSPS) is 10.1. The lowest BCUT2D eigenvalue weighted by atomic mass is 10.1. The fourth-order valence-electron chi connectivity index (χ4n) is 2.81. The molecule has 0 bridgehead atoms. The summed E-state index contributed by atoms with van der Waals surface area (Å²) in [4.78, 5) is 36.5. The third-order valence-corrected chi connectivity index (χ3v) is 4.43. The summed E-state index contributed by atoms with van der Waals surface area (Å²) in [6.07, 6.45) is 0. The lowest BCUT2D eigenvalue weighted by Gasteiger charge is -2.11. The van der Waals surface area contributed by atoms with Crippen molar-refractivity contribution in [2.75, 3.05) is 19.0 Å². The van der Waals surface area contributed by atoms with Gasteiger partial charge in [-0.3, -0.25) is 25.2 Å². The Morgan fingerprint density at radius 3 is 2.19 bits per heavy atom. The monoisotopic (exact) mass is 433 g/mol. The average molecular weight is 433 g/mol. The molecule has 0 radical (unpaired) electrons. The molecule has 0 aliphatic rings. The van der Waals surface area contributed by atoms with Crippen LogP contribution in [-0.4, -0.2) is 31.4 Å². The van der Waals surface area contributed by atoms with Gasteiger partial charge >= 0.3 is 0 Å². The zero-order valence-corrected chi connectivity index (χ0v) is 17.7. The van der Waals surface area contributed by atoms with Gasteiger partial charge < -0.3 is 14.8 Å². The van der Waals surface area contributed by atoms with Gasteiger partial charge in [-0.05, 0) is 55.5 Å². The standard InChI is InChI=1S/C24H23N3O5/c1-16-6-5-7-18(14-16)23(29)25-19-12-10-17(11-13-19)24(30)27-26-22(28)15-32-21-9-4-3-8-20(21)31-2/h3-14H,15H2,1-2H3,(H,25,29)(H,26,28)(H,27,30). The summed E-state index contributed by atoms with van der Waals surface area (Å²) in [6.45, 7) is 1.61. The Balaban J connectivity index is 1.48. The van der Waals surface area contributed by atoms with Gasteiger partial charge in [0.25, 0.3) is 17.7 Å². The molecule has 3 N–H and O–H groups in total. The van der Waals surface area contributed by atoms with E-state index in [1.54, 1.807) is 60.7 Å². The van der Waals surface area contributed by atoms with Gasteiger partial charge in [-0.1, -0.05) is 29.8 Å². The molecule has 8 heteroatoms. The van der Waals surface area contributed by atoms with E-state index in [1.807, 2.05) is 19.1 Å². The number of nitrogens with one attached hydrogen (secondary N) is 3. The van der Waals surface area contributed by atoms with E-state index >= 15 is 0 Å². The molecule has 0 spiro atoms. The molecule has 32 heavy (non-hydrogen) atoms. The smallest absolute Gasteiger partial charge is 0.276 e. The summed E-state index contributed by atoms with van der Waals surface area (Å²) < 4.78 is 10.5. The molecule has 0 aromatic heterocycles. The number of rotatable bonds is 7. The third kappa shape index (κ3) is 6.09. The van der Waals surface area contributed by atoms with Crippen molar-refractivity contribution in [3.63, 3.8) is 0 Å². The molecule has 8 nitrogen and oxygen atoms in total. The van der Waals surface area contributed by atoms with Gasteiger partial charge in [0.15, 0.2) is 18.1 Å². The van der Waals surface area contributed by atoms with Gasteiger partial charge in [0.05, 0.1) is 7.11 Å². The Bertz CT molecular complexity index is 1110. The Morgan fingerprint density at radius 2 is 1.50 bits per heavy atom. The Hall–Kier alpha value is -4.33. The molecule has 0 aliphatic carbocycles. The predicted octanol–water partition coefficient (Wildman–Crippen LogP) is 3.10. The largest absolute Gasteiger partial charge is 0.493 e. The molecule has 0 aliphatic heterocycles. The van der Waals surface area contributed by atoms with E-state index in [4.69, 9.17) is 9.47 Å². The number of anilines is 1. The van der Waals surface area contributed by atoms with Crippen molar-refractivity contribution in [2.45, 2.75) is 6.92 Å². The van der Waals surface area contributed by atoms with E-state index in [1.165, 1.54) is 7.11 Å². The topological polar surface area (TPSA) is 106 Å². The van der Waals surface area contributed by atoms with Crippen molar-refractivity contribution in [1.82, 2.24) is 10.9 Å². The van der Waals surface area contributed by atoms with Crippen molar-refractivity contribution in [2.24, 2.45) is 0 Å². The molecule has 0 unspecified atom stereocenters. The van der Waals surface area contributed by atoms with Crippen LogP contribution in [0.2, 0.25) is 0 Å². The van der Waals surface area contributed by atoms with E-state index in [2.05, 4.69) is 16.2 Å². The van der Waals surface area contributed by atoms with Gasteiger partial charge in [0, 0.05) is 16.8 Å². The van der Waals surface area contributed by atoms with Crippen LogP contribution in [0.1, 0.15) is 26.3 Å². The molecule has 164 valence electrons. The second-order valence-corrected chi connectivity index (χ2v) is 6.84. The Labute approximate surface area is 185 Å². The van der Waals surface area contributed by atoms with Crippen LogP contribution in [0.5, 0.6) is 11.5 Å². The van der Waals surface area contributed by atoms with E-state index in [9.17, 15) is 14.4 Å². The lowest BCUT2D eigenvalue weighted by Crippen LogP contribution is -2.43. The second kappa shape index (κ2) is 10.6. The first-order valence-electron chi connectivity index (χ1n) is 9.79. The number of hydrogen-bond acceptors (Lipinski definition) is 5. The second-order valence-electron chi connectivity index (χ2n) is 6.84. The molecule has 0 atom stereocenters. The van der Waals surface area contributed by atoms with Gasteiger partial charge in [-0.25, -0.2) is 0 Å². The minimum atomic E-state index is -0.536. The molecule has 0 saturated heterocycles. The van der Waals surface area contributed by atoms with E-state index < -0.39 is 11.8 Å². The number of methoxy groups -OCH3 is 1. The molecule has 3 amide bonds. The number of amides is 3. The van der Waals surface area contributed by atoms with Crippen LogP contribution in [-0.2, 0) is 4.79 Å². The number of carbonyl (C=O) groups is 3. The summed E-state index contributed by atoms with van der Waals surface area (Å²) in [7, 11) is 1.50. The molecule has 3 aromatic rings. The van der Waals surface area contributed by atoms with Crippen molar-refractivity contribution in [3.8, 4) is 11.5 Å². The average Bonchev–Trinajstić information content (AvgIpc) is 2.81. The highest BCUT2D eigenvalue weighted by atomic mass is 16.5. The van der Waals surface area contributed by atoms with Crippen LogP contribution in [0.4, 0.5) is 5.69 Å². The van der Waals surface area contributed by atoms with Gasteiger partial charge in [0.2, 0.25) is 0 Å². The van der Waals surface area contributed by atoms with Crippen molar-refractivity contribution in [1.29, 1.82) is 0 Å². The molecule has 0 fully saturated rings. The maximum Gasteiger partial charge on any atom is 0.276 e. The van der Waals surface area contributed by atoms with Crippen LogP contribution in [0, 0.1) is 6.92 Å². The first-order valence-corrected chi connectivity index (χ1v) is 9.79. The third-order valence-electron chi connectivity index (χ3n) is 4.43. The first-order chi connectivity index (χ1) is 15.5. The lowest BCUT2D eigenvalue weighted by molar-refractivity contribution is -0.123. The number of hydrogen-bond donors (Lipinski definition) is 3. The summed E-state index contributed by atoms with van der Waals surface area (Å²) >= 11 is 0. The molecular formula is C24H23N3O5. The minimum Gasteiger partial charge on any atom is -0.493 e. The molecule has 0 saturated carbocycles. The van der Waals surface area contributed by atoms with Crippen molar-refractivity contribution < 1.29 is 23.9 Å². The van der Waals surface area contributed by atoms with Crippen LogP contribution >= 0.6 is 0 Å². The SMILES string of the molecule is COc1ccccc1OCC(=O)NNC(=O)c1ccc(NC(=O)c2cccc(C)c2)cc1. The molecule has 3 rings (SSSR count). The first kappa shape index (κ1) is 22.4. The predicted molar refractivity (Wildman–Crippen MR) is 120 cm³/mol. The Kier molecular flexibility index (Phi) is 7.42. The quantitative estimate of drug-likeness (QED) is 0.497. The maximum absolute atomic E-state index is 12.3. The highest BCUT2D eigenvalue weighted by Gasteiger charge is 2.11. The van der Waals surface area contributed by atoms with Gasteiger partial charge in [-0.15, -0.1) is 0 Å². The Morgan fingerprint density at radius 1 is 0.781 bits per heavy atom. The molecular weight excluding hydrogens is 410 g/mol. The number of aryl methyl sites for hydroxylation is 1.